The number of nitrogens with one attached hydrogen (secondary N) is 1. The lowest BCUT2D eigenvalue weighted by Crippen LogP contribution is -2.36. The Kier molecular flexibility index (Phi) is 6.49. The molecule has 0 saturated carbocycles. The summed E-state index contributed by atoms with van der Waals surface area (Å²) >= 11 is 0. The Morgan fingerprint density at radius 2 is 1.92 bits per heavy atom. The smallest absolute Gasteiger partial charge is 0.338 e. The van der Waals surface area contributed by atoms with E-state index >= 15 is 0 Å². The Bertz CT molecular complexity index is 869. The van der Waals surface area contributed by atoms with Crippen LogP contribution in [-0.4, -0.2) is 34.1 Å². The van der Waals surface area contributed by atoms with Gasteiger partial charge < -0.3 is 14.6 Å². The normalized spacial score (nSPS) is 11.0. The van der Waals surface area contributed by atoms with Crippen LogP contribution in [0.15, 0.2) is 23.0 Å². The van der Waals surface area contributed by atoms with Crippen molar-refractivity contribution in [3.05, 3.63) is 39.8 Å². The van der Waals surface area contributed by atoms with Gasteiger partial charge in [-0.05, 0) is 44.9 Å². The number of aromatic nitrogens is 2. The number of esters is 1. The Morgan fingerprint density at radius 1 is 1.23 bits per heavy atom. The molecule has 0 atom stereocenters. The highest BCUT2D eigenvalue weighted by molar-refractivity contribution is 5.94. The second-order valence-electron chi connectivity index (χ2n) is 6.11. The molecular weight excluding hydrogens is 334 g/mol. The predicted octanol–water partition coefficient (Wildman–Crippen LogP) is 2.19. The van der Waals surface area contributed by atoms with E-state index in [1.54, 1.807) is 29.7 Å². The van der Waals surface area contributed by atoms with Crippen molar-refractivity contribution >= 4 is 22.9 Å². The number of ether oxygens (including phenoxy) is 1. The molecule has 0 fully saturated rings. The highest BCUT2D eigenvalue weighted by atomic mass is 16.5. The van der Waals surface area contributed by atoms with Gasteiger partial charge in [0.15, 0.2) is 6.61 Å². The van der Waals surface area contributed by atoms with E-state index in [2.05, 4.69) is 10.3 Å². The minimum atomic E-state index is -0.597. The van der Waals surface area contributed by atoms with E-state index in [1.807, 2.05) is 20.8 Å². The summed E-state index contributed by atoms with van der Waals surface area (Å²) in [5.74, 6) is -0.915. The second kappa shape index (κ2) is 8.60. The highest BCUT2D eigenvalue weighted by Gasteiger charge is 2.15. The summed E-state index contributed by atoms with van der Waals surface area (Å²) in [7, 11) is 0. The molecule has 0 aliphatic heterocycles. The van der Waals surface area contributed by atoms with Crippen molar-refractivity contribution in [2.24, 2.45) is 0 Å². The fourth-order valence-electron chi connectivity index (χ4n) is 2.79. The first-order valence-electron chi connectivity index (χ1n) is 8.88. The summed E-state index contributed by atoms with van der Waals surface area (Å²) in [4.78, 5) is 40.4. The van der Waals surface area contributed by atoms with Crippen LogP contribution in [0.5, 0.6) is 0 Å². The molecule has 2 aromatic rings. The Balaban J connectivity index is 2.15. The Hall–Kier alpha value is -2.70. The van der Waals surface area contributed by atoms with Gasteiger partial charge in [0, 0.05) is 12.6 Å². The number of carbonyl (C=O) groups is 2. The number of benzene rings is 1. The van der Waals surface area contributed by atoms with Crippen molar-refractivity contribution < 1.29 is 14.3 Å². The zero-order valence-electron chi connectivity index (χ0n) is 15.7. The molecule has 0 unspecified atom stereocenters. The zero-order chi connectivity index (χ0) is 19.3. The van der Waals surface area contributed by atoms with Crippen molar-refractivity contribution in [2.45, 2.75) is 53.1 Å². The van der Waals surface area contributed by atoms with E-state index < -0.39 is 5.97 Å². The summed E-state index contributed by atoms with van der Waals surface area (Å²) in [5.41, 5.74) is 1.72. The van der Waals surface area contributed by atoms with Crippen molar-refractivity contribution in [3.63, 3.8) is 0 Å². The molecule has 0 aliphatic carbocycles. The number of rotatable bonds is 7. The average molecular weight is 359 g/mol. The molecule has 26 heavy (non-hydrogen) atoms. The van der Waals surface area contributed by atoms with Gasteiger partial charge in [0.05, 0.1) is 16.6 Å². The number of fused-ring (bicyclic) bond motifs is 1. The number of amides is 1. The van der Waals surface area contributed by atoms with Gasteiger partial charge in [-0.15, -0.1) is 0 Å². The van der Waals surface area contributed by atoms with Gasteiger partial charge in [-0.1, -0.05) is 13.8 Å². The molecule has 1 aromatic heterocycles. The van der Waals surface area contributed by atoms with E-state index in [1.165, 1.54) is 0 Å². The maximum atomic E-state index is 12.2. The van der Waals surface area contributed by atoms with Gasteiger partial charge in [0.25, 0.3) is 11.5 Å². The lowest BCUT2D eigenvalue weighted by atomic mass is 10.2. The van der Waals surface area contributed by atoms with E-state index in [9.17, 15) is 14.4 Å². The topological polar surface area (TPSA) is 90.3 Å². The average Bonchev–Trinajstić information content (AvgIpc) is 2.64. The van der Waals surface area contributed by atoms with Crippen molar-refractivity contribution in [1.29, 1.82) is 0 Å². The van der Waals surface area contributed by atoms with Crippen LogP contribution < -0.4 is 10.9 Å². The van der Waals surface area contributed by atoms with Crippen molar-refractivity contribution in [3.8, 4) is 0 Å². The number of nitrogens with zero attached hydrogens (tertiary/aromatic N) is 2. The monoisotopic (exact) mass is 359 g/mol. The summed E-state index contributed by atoms with van der Waals surface area (Å²) in [6.45, 7) is 7.68. The first-order valence-corrected chi connectivity index (χ1v) is 8.88. The zero-order valence-corrected chi connectivity index (χ0v) is 15.7. The molecule has 0 bridgehead atoms. The lowest BCUT2D eigenvalue weighted by Gasteiger charge is -2.14. The van der Waals surface area contributed by atoms with Gasteiger partial charge in [0.2, 0.25) is 0 Å². The van der Waals surface area contributed by atoms with Crippen LogP contribution in [0.25, 0.3) is 11.0 Å². The fraction of sp³-hybridized carbons (Fsp3) is 0.474. The Labute approximate surface area is 152 Å². The lowest BCUT2D eigenvalue weighted by molar-refractivity contribution is -0.125. The van der Waals surface area contributed by atoms with E-state index in [4.69, 9.17) is 4.74 Å². The van der Waals surface area contributed by atoms with E-state index in [0.29, 0.717) is 28.8 Å². The van der Waals surface area contributed by atoms with Gasteiger partial charge in [-0.2, -0.15) is 0 Å². The molecule has 7 nitrogen and oxygen atoms in total. The molecular formula is C19H25N3O4. The first-order chi connectivity index (χ1) is 12.4. The van der Waals surface area contributed by atoms with Crippen LogP contribution in [0.4, 0.5) is 0 Å². The summed E-state index contributed by atoms with van der Waals surface area (Å²) in [6, 6.07) is 4.91. The van der Waals surface area contributed by atoms with Crippen LogP contribution in [0.1, 0.15) is 49.7 Å². The molecule has 1 amide bonds. The van der Waals surface area contributed by atoms with E-state index in [-0.39, 0.29) is 24.1 Å². The second-order valence-corrected chi connectivity index (χ2v) is 6.11. The molecule has 2 rings (SSSR count). The van der Waals surface area contributed by atoms with E-state index in [0.717, 1.165) is 12.8 Å². The van der Waals surface area contributed by atoms with Crippen LogP contribution in [-0.2, 0) is 16.1 Å². The predicted molar refractivity (Wildman–Crippen MR) is 99.2 cm³/mol. The number of carbonyl (C=O) groups excluding carboxylic acids is 2. The quantitative estimate of drug-likeness (QED) is 0.765. The number of hydrogen-bond donors (Lipinski definition) is 1. The first kappa shape index (κ1) is 19.6. The third-order valence-electron chi connectivity index (χ3n) is 4.35. The maximum Gasteiger partial charge on any atom is 0.338 e. The van der Waals surface area contributed by atoms with Crippen LogP contribution in [0, 0.1) is 6.92 Å². The van der Waals surface area contributed by atoms with Gasteiger partial charge >= 0.3 is 5.97 Å². The summed E-state index contributed by atoms with van der Waals surface area (Å²) < 4.78 is 6.70. The SMILES string of the molecule is CCC(CC)NC(=O)COC(=O)c1ccc2c(c1)nc(C)c(=O)n2CC. The maximum absolute atomic E-state index is 12.2. The summed E-state index contributed by atoms with van der Waals surface area (Å²) in [6.07, 6.45) is 1.65. The molecule has 0 aliphatic rings. The summed E-state index contributed by atoms with van der Waals surface area (Å²) in [5, 5.41) is 2.82. The minimum Gasteiger partial charge on any atom is -0.452 e. The highest BCUT2D eigenvalue weighted by Crippen LogP contribution is 2.14. The molecule has 0 spiro atoms. The Morgan fingerprint density at radius 3 is 2.54 bits per heavy atom. The molecule has 140 valence electrons. The molecule has 7 heteroatoms. The molecule has 1 heterocycles. The third kappa shape index (κ3) is 4.28. The molecule has 0 saturated heterocycles. The fourth-order valence-corrected chi connectivity index (χ4v) is 2.79. The molecule has 0 radical (unpaired) electrons. The number of aryl methyl sites for hydroxylation is 2. The van der Waals surface area contributed by atoms with Crippen LogP contribution in [0.2, 0.25) is 0 Å². The largest absolute Gasteiger partial charge is 0.452 e. The molecule has 1 N–H and O–H groups in total. The minimum absolute atomic E-state index is 0.0832. The number of hydrogen-bond acceptors (Lipinski definition) is 5. The van der Waals surface area contributed by atoms with Crippen molar-refractivity contribution in [2.75, 3.05) is 6.61 Å². The van der Waals surface area contributed by atoms with Gasteiger partial charge in [0.1, 0.15) is 5.69 Å². The van der Waals surface area contributed by atoms with Crippen LogP contribution >= 0.6 is 0 Å². The molecule has 1 aromatic carbocycles. The standard InChI is InChI=1S/C19H25N3O4/c1-5-14(6-2)21-17(23)11-26-19(25)13-8-9-16-15(10-13)20-12(4)18(24)22(16)7-3/h8-10,14H,5-7,11H2,1-4H3,(H,21,23). The van der Waals surface area contributed by atoms with Gasteiger partial charge in [-0.3, -0.25) is 9.59 Å². The van der Waals surface area contributed by atoms with Crippen molar-refractivity contribution in [1.82, 2.24) is 14.9 Å². The van der Waals surface area contributed by atoms with Gasteiger partial charge in [-0.25, -0.2) is 9.78 Å². The van der Waals surface area contributed by atoms with Crippen LogP contribution in [0.3, 0.4) is 0 Å². The third-order valence-corrected chi connectivity index (χ3v) is 4.35.